The van der Waals surface area contributed by atoms with Crippen molar-refractivity contribution in [1.29, 1.82) is 0 Å². The van der Waals surface area contributed by atoms with Crippen molar-refractivity contribution in [1.82, 2.24) is 0 Å². The van der Waals surface area contributed by atoms with E-state index in [9.17, 15) is 9.59 Å². The monoisotopic (exact) mass is 381 g/mol. The normalized spacial score (nSPS) is 18.0. The maximum absolute atomic E-state index is 12.2. The van der Waals surface area contributed by atoms with Gasteiger partial charge in [0.05, 0.1) is 0 Å². The molecule has 0 saturated carbocycles. The van der Waals surface area contributed by atoms with E-state index in [-0.39, 0.29) is 11.9 Å². The minimum atomic E-state index is -0.783. The summed E-state index contributed by atoms with van der Waals surface area (Å²) in [5.41, 5.74) is 2.82. The van der Waals surface area contributed by atoms with Crippen molar-refractivity contribution in [2.24, 2.45) is 0 Å². The summed E-state index contributed by atoms with van der Waals surface area (Å²) in [6, 6.07) is 5.88. The lowest BCUT2D eigenvalue weighted by Crippen LogP contribution is -2.30. The summed E-state index contributed by atoms with van der Waals surface area (Å²) in [4.78, 5) is 24.1. The third kappa shape index (κ3) is 6.94. The summed E-state index contributed by atoms with van der Waals surface area (Å²) in [5, 5.41) is 3.58. The van der Waals surface area contributed by atoms with Gasteiger partial charge in [-0.15, -0.1) is 0 Å². The summed E-state index contributed by atoms with van der Waals surface area (Å²) in [6.07, 6.45) is 3.89. The number of amides is 1. The van der Waals surface area contributed by atoms with Gasteiger partial charge in [0.15, 0.2) is 6.10 Å². The van der Waals surface area contributed by atoms with Gasteiger partial charge in [0, 0.05) is 23.1 Å². The highest BCUT2D eigenvalue weighted by molar-refractivity contribution is 8.77. The lowest BCUT2D eigenvalue weighted by Gasteiger charge is -2.15. The molecule has 0 spiro atoms. The summed E-state index contributed by atoms with van der Waals surface area (Å²) < 4.78 is 5.27. The number of unbranched alkanes of at least 4 members (excludes halogenated alkanes) is 1. The van der Waals surface area contributed by atoms with Crippen molar-refractivity contribution < 1.29 is 14.3 Å². The molecule has 4 nitrogen and oxygen atoms in total. The molecule has 6 heteroatoms. The minimum Gasteiger partial charge on any atom is -0.453 e. The van der Waals surface area contributed by atoms with E-state index in [0.717, 1.165) is 41.3 Å². The smallest absolute Gasteiger partial charge is 0.306 e. The van der Waals surface area contributed by atoms with E-state index in [1.807, 2.05) is 53.6 Å². The maximum Gasteiger partial charge on any atom is 0.306 e. The van der Waals surface area contributed by atoms with Crippen LogP contribution in [0.5, 0.6) is 0 Å². The molecule has 0 radical (unpaired) electrons. The van der Waals surface area contributed by atoms with Gasteiger partial charge in [0.25, 0.3) is 5.91 Å². The molecule has 1 heterocycles. The van der Waals surface area contributed by atoms with Gasteiger partial charge in [-0.3, -0.25) is 9.59 Å². The van der Waals surface area contributed by atoms with Gasteiger partial charge in [-0.25, -0.2) is 0 Å². The molecule has 1 aromatic carbocycles. The number of benzene rings is 1. The Bertz CT molecular complexity index is 600. The number of esters is 1. The van der Waals surface area contributed by atoms with Gasteiger partial charge in [-0.05, 0) is 57.2 Å². The standard InChI is InChI=1S/C19H27NO3S2/c1-13-8-9-14(2)17(12-13)20-19(22)15(3)23-18(21)7-5-4-6-16-10-11-24-25-16/h8-9,12,15-16H,4-7,10-11H2,1-3H3,(H,20,22)/t15-,16-/m1/s1. The van der Waals surface area contributed by atoms with Crippen molar-refractivity contribution >= 4 is 39.2 Å². The molecular weight excluding hydrogens is 354 g/mol. The molecule has 2 rings (SSSR count). The molecule has 1 aliphatic rings. The third-order valence-electron chi connectivity index (χ3n) is 4.21. The third-order valence-corrected chi connectivity index (χ3v) is 7.22. The second-order valence-electron chi connectivity index (χ2n) is 6.51. The summed E-state index contributed by atoms with van der Waals surface area (Å²) in [5.74, 6) is 0.656. The van der Waals surface area contributed by atoms with Gasteiger partial charge in [0.2, 0.25) is 0 Å². The molecular formula is C19H27NO3S2. The van der Waals surface area contributed by atoms with Gasteiger partial charge in [-0.2, -0.15) is 0 Å². The molecule has 0 bridgehead atoms. The number of rotatable bonds is 8. The van der Waals surface area contributed by atoms with Crippen molar-refractivity contribution in [3.8, 4) is 0 Å². The number of anilines is 1. The molecule has 138 valence electrons. The highest BCUT2D eigenvalue weighted by Gasteiger charge is 2.19. The Balaban J connectivity index is 1.68. The Hall–Kier alpha value is -1.14. The largest absolute Gasteiger partial charge is 0.453 e. The molecule has 2 atom stereocenters. The fraction of sp³-hybridized carbons (Fsp3) is 0.579. The number of hydrogen-bond donors (Lipinski definition) is 1. The minimum absolute atomic E-state index is 0.290. The second-order valence-corrected chi connectivity index (χ2v) is 9.30. The molecule has 1 N–H and O–H groups in total. The first kappa shape index (κ1) is 20.2. The van der Waals surface area contributed by atoms with E-state index in [2.05, 4.69) is 5.32 Å². The van der Waals surface area contributed by atoms with Crippen LogP contribution in [0.3, 0.4) is 0 Å². The first-order valence-electron chi connectivity index (χ1n) is 8.81. The van der Waals surface area contributed by atoms with Crippen LogP contribution in [-0.4, -0.2) is 29.0 Å². The summed E-state index contributed by atoms with van der Waals surface area (Å²) in [6.45, 7) is 5.53. The number of ether oxygens (including phenoxy) is 1. The zero-order chi connectivity index (χ0) is 18.2. The molecule has 1 amide bonds. The van der Waals surface area contributed by atoms with Crippen LogP contribution in [0.15, 0.2) is 18.2 Å². The van der Waals surface area contributed by atoms with Crippen molar-refractivity contribution in [3.63, 3.8) is 0 Å². The summed E-state index contributed by atoms with van der Waals surface area (Å²) in [7, 11) is 3.91. The zero-order valence-corrected chi connectivity index (χ0v) is 16.8. The van der Waals surface area contributed by atoms with Crippen LogP contribution >= 0.6 is 21.6 Å². The predicted octanol–water partition coefficient (Wildman–Crippen LogP) is 4.89. The molecule has 1 saturated heterocycles. The molecule has 1 aliphatic heterocycles. The fourth-order valence-corrected chi connectivity index (χ4v) is 5.65. The molecule has 0 aromatic heterocycles. The molecule has 25 heavy (non-hydrogen) atoms. The van der Waals surface area contributed by atoms with Crippen molar-refractivity contribution in [2.75, 3.05) is 11.1 Å². The number of nitrogens with one attached hydrogen (secondary N) is 1. The molecule has 1 aromatic rings. The topological polar surface area (TPSA) is 55.4 Å². The van der Waals surface area contributed by atoms with Crippen LogP contribution in [-0.2, 0) is 14.3 Å². The first-order valence-corrected chi connectivity index (χ1v) is 11.2. The Kier molecular flexibility index (Phi) is 8.16. The lowest BCUT2D eigenvalue weighted by atomic mass is 10.1. The number of carbonyl (C=O) groups is 2. The van der Waals surface area contributed by atoms with E-state index in [4.69, 9.17) is 4.74 Å². The van der Waals surface area contributed by atoms with E-state index in [0.29, 0.717) is 6.42 Å². The fourth-order valence-electron chi connectivity index (χ4n) is 2.62. The van der Waals surface area contributed by atoms with Crippen LogP contribution < -0.4 is 5.32 Å². The Morgan fingerprint density at radius 2 is 2.12 bits per heavy atom. The Labute approximate surface area is 158 Å². The number of hydrogen-bond acceptors (Lipinski definition) is 5. The van der Waals surface area contributed by atoms with Crippen LogP contribution in [0.1, 0.15) is 50.2 Å². The summed E-state index contributed by atoms with van der Waals surface area (Å²) >= 11 is 0. The predicted molar refractivity (Wildman–Crippen MR) is 107 cm³/mol. The van der Waals surface area contributed by atoms with E-state index in [1.54, 1.807) is 6.92 Å². The van der Waals surface area contributed by atoms with E-state index >= 15 is 0 Å². The van der Waals surface area contributed by atoms with E-state index < -0.39 is 6.10 Å². The van der Waals surface area contributed by atoms with Gasteiger partial charge < -0.3 is 10.1 Å². The average molecular weight is 382 g/mol. The van der Waals surface area contributed by atoms with Gasteiger partial charge >= 0.3 is 5.97 Å². The zero-order valence-electron chi connectivity index (χ0n) is 15.2. The Morgan fingerprint density at radius 3 is 2.84 bits per heavy atom. The average Bonchev–Trinajstić information content (AvgIpc) is 3.08. The number of aryl methyl sites for hydroxylation is 2. The molecule has 0 aliphatic carbocycles. The lowest BCUT2D eigenvalue weighted by molar-refractivity contribution is -0.153. The van der Waals surface area contributed by atoms with Crippen LogP contribution in [0, 0.1) is 13.8 Å². The first-order chi connectivity index (χ1) is 12.0. The molecule has 0 unspecified atom stereocenters. The highest BCUT2D eigenvalue weighted by Crippen LogP contribution is 2.39. The van der Waals surface area contributed by atoms with Crippen LogP contribution in [0.25, 0.3) is 0 Å². The maximum atomic E-state index is 12.2. The second kappa shape index (κ2) is 10.1. The van der Waals surface area contributed by atoms with E-state index in [1.165, 1.54) is 12.2 Å². The quantitative estimate of drug-likeness (QED) is 0.395. The number of carbonyl (C=O) groups excluding carboxylic acids is 2. The van der Waals surface area contributed by atoms with Crippen LogP contribution in [0.2, 0.25) is 0 Å². The highest BCUT2D eigenvalue weighted by atomic mass is 33.1. The van der Waals surface area contributed by atoms with Crippen molar-refractivity contribution in [3.05, 3.63) is 29.3 Å². The van der Waals surface area contributed by atoms with Crippen molar-refractivity contribution in [2.45, 2.75) is 64.2 Å². The Morgan fingerprint density at radius 1 is 1.32 bits per heavy atom. The van der Waals surface area contributed by atoms with Crippen LogP contribution in [0.4, 0.5) is 5.69 Å². The SMILES string of the molecule is Cc1ccc(C)c(NC(=O)[C@@H](C)OC(=O)CCCC[C@@H]2CCSS2)c1. The van der Waals surface area contributed by atoms with Gasteiger partial charge in [0.1, 0.15) is 0 Å². The van der Waals surface area contributed by atoms with Gasteiger partial charge in [-0.1, -0.05) is 40.1 Å². The molecule has 1 fully saturated rings.